The topological polar surface area (TPSA) is 107 Å². The number of hydrogen-bond donors (Lipinski definition) is 2. The highest BCUT2D eigenvalue weighted by Crippen LogP contribution is 2.29. The van der Waals surface area contributed by atoms with Crippen molar-refractivity contribution >= 4 is 35.0 Å². The zero-order valence-electron chi connectivity index (χ0n) is 20.9. The molecule has 0 aliphatic heterocycles. The number of nitrogens with one attached hydrogen (secondary N) is 2. The summed E-state index contributed by atoms with van der Waals surface area (Å²) >= 11 is 1.24. The monoisotopic (exact) mass is 515 g/mol. The van der Waals surface area contributed by atoms with Crippen molar-refractivity contribution in [3.63, 3.8) is 0 Å². The van der Waals surface area contributed by atoms with Crippen molar-refractivity contribution in [3.8, 4) is 11.5 Å². The van der Waals surface area contributed by atoms with Gasteiger partial charge in [-0.3, -0.25) is 9.59 Å². The molecule has 2 aromatic carbocycles. The summed E-state index contributed by atoms with van der Waals surface area (Å²) < 4.78 is 27.0. The summed E-state index contributed by atoms with van der Waals surface area (Å²) in [5, 5.41) is 14.6. The molecule has 0 bridgehead atoms. The Bertz CT molecular complexity index is 1220. The molecule has 0 fully saturated rings. The van der Waals surface area contributed by atoms with Gasteiger partial charge in [0.15, 0.2) is 28.7 Å². The van der Waals surface area contributed by atoms with Crippen LogP contribution in [-0.2, 0) is 16.1 Å². The first-order chi connectivity index (χ1) is 17.2. The van der Waals surface area contributed by atoms with Gasteiger partial charge in [0.05, 0.1) is 18.6 Å². The van der Waals surface area contributed by atoms with Gasteiger partial charge in [0.1, 0.15) is 5.75 Å². The summed E-state index contributed by atoms with van der Waals surface area (Å²) in [6, 6.07) is 11.2. The minimum atomic E-state index is -0.553. The second kappa shape index (κ2) is 12.4. The lowest BCUT2D eigenvalue weighted by Crippen LogP contribution is -2.17. The molecule has 0 radical (unpaired) electrons. The number of rotatable bonds is 11. The summed E-state index contributed by atoms with van der Waals surface area (Å²) in [5.74, 6) is 0.571. The van der Waals surface area contributed by atoms with Crippen molar-refractivity contribution in [1.82, 2.24) is 14.8 Å². The molecule has 11 heteroatoms. The minimum absolute atomic E-state index is 0.0836. The Labute approximate surface area is 213 Å². The number of carbonyl (C=O) groups is 2. The highest BCUT2D eigenvalue weighted by Gasteiger charge is 2.22. The molecule has 192 valence electrons. The Kier molecular flexibility index (Phi) is 9.29. The first-order valence-corrected chi connectivity index (χ1v) is 12.4. The molecule has 0 saturated heterocycles. The van der Waals surface area contributed by atoms with Gasteiger partial charge in [0, 0.05) is 19.2 Å². The van der Waals surface area contributed by atoms with Crippen molar-refractivity contribution in [2.75, 3.05) is 23.5 Å². The third-order valence-electron chi connectivity index (χ3n) is 4.92. The number of aromatic nitrogens is 3. The molecular weight excluding hydrogens is 485 g/mol. The summed E-state index contributed by atoms with van der Waals surface area (Å²) in [6.45, 7) is 7.90. The van der Waals surface area contributed by atoms with Crippen LogP contribution < -0.4 is 20.1 Å². The SMILES string of the molecule is COc1ccc(NC(=O)CSc2nnc(C(C)Oc3ccccc3F)n2CC(C)C)cc1NC(C)=O. The van der Waals surface area contributed by atoms with Crippen molar-refractivity contribution in [3.05, 3.63) is 54.1 Å². The van der Waals surface area contributed by atoms with Crippen LogP contribution in [0.15, 0.2) is 47.6 Å². The van der Waals surface area contributed by atoms with Crippen molar-refractivity contribution in [2.24, 2.45) is 5.92 Å². The Hall–Kier alpha value is -3.60. The smallest absolute Gasteiger partial charge is 0.234 e. The van der Waals surface area contributed by atoms with Gasteiger partial charge in [-0.15, -0.1) is 10.2 Å². The lowest BCUT2D eigenvalue weighted by molar-refractivity contribution is -0.114. The van der Waals surface area contributed by atoms with E-state index in [0.717, 1.165) is 0 Å². The molecule has 1 atom stereocenters. The Morgan fingerprint density at radius 2 is 1.83 bits per heavy atom. The molecule has 1 aromatic heterocycles. The standard InChI is InChI=1S/C25H30FN5O4S/c1-15(2)13-31-24(16(3)35-21-9-7-6-8-19(21)26)29-30-25(31)36-14-23(33)28-18-10-11-22(34-5)20(12-18)27-17(4)32/h6-12,15-16H,13-14H2,1-5H3,(H,27,32)(H,28,33). The largest absolute Gasteiger partial charge is 0.495 e. The second-order valence-corrected chi connectivity index (χ2v) is 9.41. The van der Waals surface area contributed by atoms with Gasteiger partial charge in [0.2, 0.25) is 11.8 Å². The Balaban J connectivity index is 1.70. The number of halogens is 1. The van der Waals surface area contributed by atoms with Crippen LogP contribution in [0.2, 0.25) is 0 Å². The molecule has 1 unspecified atom stereocenters. The Morgan fingerprint density at radius 3 is 2.50 bits per heavy atom. The van der Waals surface area contributed by atoms with Crippen LogP contribution >= 0.6 is 11.8 Å². The van der Waals surface area contributed by atoms with E-state index in [1.165, 1.54) is 31.9 Å². The number of anilines is 2. The van der Waals surface area contributed by atoms with Gasteiger partial charge in [-0.05, 0) is 43.2 Å². The average molecular weight is 516 g/mol. The van der Waals surface area contributed by atoms with Crippen LogP contribution in [0, 0.1) is 11.7 Å². The molecule has 1 heterocycles. The molecular formula is C25H30FN5O4S. The average Bonchev–Trinajstić information content (AvgIpc) is 3.21. The van der Waals surface area contributed by atoms with E-state index >= 15 is 0 Å². The molecule has 0 saturated carbocycles. The predicted molar refractivity (Wildman–Crippen MR) is 137 cm³/mol. The van der Waals surface area contributed by atoms with Crippen LogP contribution in [0.25, 0.3) is 0 Å². The summed E-state index contributed by atoms with van der Waals surface area (Å²) in [5.41, 5.74) is 0.974. The van der Waals surface area contributed by atoms with Crippen molar-refractivity contribution < 1.29 is 23.5 Å². The van der Waals surface area contributed by atoms with Crippen LogP contribution in [0.1, 0.15) is 39.6 Å². The number of nitrogens with zero attached hydrogens (tertiary/aromatic N) is 3. The van der Waals surface area contributed by atoms with E-state index in [1.54, 1.807) is 43.3 Å². The fourth-order valence-electron chi connectivity index (χ4n) is 3.43. The lowest BCUT2D eigenvalue weighted by atomic mass is 10.2. The number of amides is 2. The number of benzene rings is 2. The third-order valence-corrected chi connectivity index (χ3v) is 5.89. The predicted octanol–water partition coefficient (Wildman–Crippen LogP) is 4.91. The first kappa shape index (κ1) is 27.0. The highest BCUT2D eigenvalue weighted by atomic mass is 32.2. The van der Waals surface area contributed by atoms with Gasteiger partial charge >= 0.3 is 0 Å². The van der Waals surface area contributed by atoms with E-state index in [9.17, 15) is 14.0 Å². The molecule has 2 amide bonds. The van der Waals surface area contributed by atoms with E-state index in [-0.39, 0.29) is 29.2 Å². The lowest BCUT2D eigenvalue weighted by Gasteiger charge is -2.18. The van der Waals surface area contributed by atoms with E-state index in [2.05, 4.69) is 34.7 Å². The second-order valence-electron chi connectivity index (χ2n) is 8.47. The fourth-order valence-corrected chi connectivity index (χ4v) is 4.18. The minimum Gasteiger partial charge on any atom is -0.495 e. The number of methoxy groups -OCH3 is 1. The van der Waals surface area contributed by atoms with Crippen LogP contribution in [-0.4, -0.2) is 39.4 Å². The third kappa shape index (κ3) is 7.20. The van der Waals surface area contributed by atoms with E-state index in [0.29, 0.717) is 34.6 Å². The van der Waals surface area contributed by atoms with E-state index in [1.807, 2.05) is 4.57 Å². The van der Waals surface area contributed by atoms with Crippen molar-refractivity contribution in [2.45, 2.75) is 45.5 Å². The fraction of sp³-hybridized carbons (Fsp3) is 0.360. The zero-order valence-corrected chi connectivity index (χ0v) is 21.7. The molecule has 3 aromatic rings. The maximum atomic E-state index is 14.1. The molecule has 0 aliphatic carbocycles. The maximum Gasteiger partial charge on any atom is 0.234 e. The van der Waals surface area contributed by atoms with E-state index in [4.69, 9.17) is 9.47 Å². The van der Waals surface area contributed by atoms with Gasteiger partial charge in [-0.25, -0.2) is 4.39 Å². The number of hydrogen-bond acceptors (Lipinski definition) is 7. The number of carbonyl (C=O) groups excluding carboxylic acids is 2. The molecule has 0 aliphatic rings. The maximum absolute atomic E-state index is 14.1. The molecule has 2 N–H and O–H groups in total. The summed E-state index contributed by atoms with van der Waals surface area (Å²) in [4.78, 5) is 24.1. The Morgan fingerprint density at radius 1 is 1.08 bits per heavy atom. The van der Waals surface area contributed by atoms with Crippen LogP contribution in [0.5, 0.6) is 11.5 Å². The first-order valence-electron chi connectivity index (χ1n) is 11.4. The summed E-state index contributed by atoms with van der Waals surface area (Å²) in [6.07, 6.45) is -0.553. The molecule has 36 heavy (non-hydrogen) atoms. The van der Waals surface area contributed by atoms with Crippen LogP contribution in [0.4, 0.5) is 15.8 Å². The van der Waals surface area contributed by atoms with Crippen LogP contribution in [0.3, 0.4) is 0 Å². The number of para-hydroxylation sites is 1. The normalized spacial score (nSPS) is 11.8. The van der Waals surface area contributed by atoms with E-state index < -0.39 is 11.9 Å². The zero-order chi connectivity index (χ0) is 26.2. The highest BCUT2D eigenvalue weighted by molar-refractivity contribution is 7.99. The van der Waals surface area contributed by atoms with Crippen molar-refractivity contribution in [1.29, 1.82) is 0 Å². The molecule has 9 nitrogen and oxygen atoms in total. The quantitative estimate of drug-likeness (QED) is 0.349. The van der Waals surface area contributed by atoms with Gasteiger partial charge in [-0.2, -0.15) is 0 Å². The number of thioether (sulfide) groups is 1. The van der Waals surface area contributed by atoms with Gasteiger partial charge in [-0.1, -0.05) is 37.7 Å². The summed E-state index contributed by atoms with van der Waals surface area (Å²) in [7, 11) is 1.50. The molecule has 3 rings (SSSR count). The number of ether oxygens (including phenoxy) is 2. The van der Waals surface area contributed by atoms with Gasteiger partial charge < -0.3 is 24.7 Å². The molecule has 0 spiro atoms. The van der Waals surface area contributed by atoms with Gasteiger partial charge in [0.25, 0.3) is 0 Å².